The third-order valence-corrected chi connectivity index (χ3v) is 4.12. The number of hydrogen-bond acceptors (Lipinski definition) is 4. The van der Waals surface area contributed by atoms with Crippen molar-refractivity contribution >= 4 is 28.3 Å². The van der Waals surface area contributed by atoms with E-state index in [9.17, 15) is 4.79 Å². The molecule has 6 heteroatoms. The minimum atomic E-state index is -0.897. The SMILES string of the molecule is N/C(=N/O)C1(C(=O)Nc2cccc3cccnc23)CCC1. The molecule has 1 aromatic carbocycles. The normalized spacial score (nSPS) is 17.2. The van der Waals surface area contributed by atoms with Crippen LogP contribution in [-0.4, -0.2) is 21.9 Å². The molecular formula is C15H16N4O2. The smallest absolute Gasteiger partial charge is 0.238 e. The number of benzene rings is 1. The van der Waals surface area contributed by atoms with Crippen molar-refractivity contribution in [2.75, 3.05) is 5.32 Å². The van der Waals surface area contributed by atoms with Gasteiger partial charge < -0.3 is 16.3 Å². The van der Waals surface area contributed by atoms with Crippen LogP contribution in [0.5, 0.6) is 0 Å². The molecule has 1 saturated carbocycles. The van der Waals surface area contributed by atoms with Gasteiger partial charge in [0.15, 0.2) is 5.84 Å². The molecule has 3 rings (SSSR count). The minimum Gasteiger partial charge on any atom is -0.409 e. The summed E-state index contributed by atoms with van der Waals surface area (Å²) in [5.41, 5.74) is 6.17. The number of hydrogen-bond donors (Lipinski definition) is 3. The highest BCUT2D eigenvalue weighted by atomic mass is 16.4. The number of para-hydroxylation sites is 1. The van der Waals surface area contributed by atoms with Crippen molar-refractivity contribution in [1.29, 1.82) is 0 Å². The number of nitrogens with zero attached hydrogens (tertiary/aromatic N) is 2. The molecule has 0 aliphatic heterocycles. The van der Waals surface area contributed by atoms with Crippen LogP contribution in [-0.2, 0) is 4.79 Å². The van der Waals surface area contributed by atoms with Crippen LogP contribution < -0.4 is 11.1 Å². The maximum absolute atomic E-state index is 12.5. The average molecular weight is 284 g/mol. The molecule has 1 amide bonds. The number of oxime groups is 1. The number of fused-ring (bicyclic) bond motifs is 1. The van der Waals surface area contributed by atoms with Gasteiger partial charge >= 0.3 is 0 Å². The van der Waals surface area contributed by atoms with E-state index in [-0.39, 0.29) is 11.7 Å². The highest BCUT2D eigenvalue weighted by Gasteiger charge is 2.48. The molecule has 0 unspecified atom stereocenters. The summed E-state index contributed by atoms with van der Waals surface area (Å²) in [4.78, 5) is 16.8. The number of nitrogens with two attached hydrogens (primary N) is 1. The number of aromatic nitrogens is 1. The first-order valence-corrected chi connectivity index (χ1v) is 6.80. The summed E-state index contributed by atoms with van der Waals surface area (Å²) in [7, 11) is 0. The van der Waals surface area contributed by atoms with Gasteiger partial charge in [0.25, 0.3) is 0 Å². The van der Waals surface area contributed by atoms with Gasteiger partial charge in [-0.3, -0.25) is 9.78 Å². The number of carbonyl (C=O) groups is 1. The number of nitrogens with one attached hydrogen (secondary N) is 1. The van der Waals surface area contributed by atoms with E-state index < -0.39 is 5.41 Å². The molecule has 1 heterocycles. The van der Waals surface area contributed by atoms with Gasteiger partial charge in [-0.15, -0.1) is 0 Å². The largest absolute Gasteiger partial charge is 0.409 e. The molecular weight excluding hydrogens is 268 g/mol. The molecule has 4 N–H and O–H groups in total. The van der Waals surface area contributed by atoms with Crippen molar-refractivity contribution in [3.05, 3.63) is 36.5 Å². The lowest BCUT2D eigenvalue weighted by atomic mass is 9.67. The third kappa shape index (κ3) is 2.08. The summed E-state index contributed by atoms with van der Waals surface area (Å²) in [6.07, 6.45) is 3.75. The number of amides is 1. The predicted octanol–water partition coefficient (Wildman–Crippen LogP) is 2.09. The fraction of sp³-hybridized carbons (Fsp3) is 0.267. The second kappa shape index (κ2) is 5.05. The lowest BCUT2D eigenvalue weighted by Gasteiger charge is -2.38. The molecule has 6 nitrogen and oxygen atoms in total. The van der Waals surface area contributed by atoms with Crippen LogP contribution in [0.4, 0.5) is 5.69 Å². The van der Waals surface area contributed by atoms with Crippen LogP contribution in [0.3, 0.4) is 0 Å². The number of rotatable bonds is 3. The van der Waals surface area contributed by atoms with E-state index in [0.29, 0.717) is 18.5 Å². The molecule has 0 saturated heterocycles. The van der Waals surface area contributed by atoms with Crippen molar-refractivity contribution in [3.63, 3.8) is 0 Å². The lowest BCUT2D eigenvalue weighted by molar-refractivity contribution is -0.125. The number of amidine groups is 1. The van der Waals surface area contributed by atoms with E-state index in [1.807, 2.05) is 24.3 Å². The number of pyridine rings is 1. The molecule has 0 radical (unpaired) electrons. The van der Waals surface area contributed by atoms with Gasteiger partial charge in [0.1, 0.15) is 5.41 Å². The zero-order chi connectivity index (χ0) is 14.9. The van der Waals surface area contributed by atoms with Crippen molar-refractivity contribution in [2.24, 2.45) is 16.3 Å². The van der Waals surface area contributed by atoms with Gasteiger partial charge in [-0.25, -0.2) is 0 Å². The number of anilines is 1. The highest BCUT2D eigenvalue weighted by Crippen LogP contribution is 2.42. The van der Waals surface area contributed by atoms with Gasteiger partial charge in [0, 0.05) is 11.6 Å². The molecule has 1 aliphatic rings. The molecule has 1 aromatic heterocycles. The fourth-order valence-electron chi connectivity index (χ4n) is 2.67. The second-order valence-corrected chi connectivity index (χ2v) is 5.26. The molecule has 0 atom stereocenters. The first kappa shape index (κ1) is 13.4. The van der Waals surface area contributed by atoms with Gasteiger partial charge in [-0.05, 0) is 25.0 Å². The van der Waals surface area contributed by atoms with Crippen molar-refractivity contribution in [3.8, 4) is 0 Å². The van der Waals surface area contributed by atoms with Crippen LogP contribution in [0.1, 0.15) is 19.3 Å². The van der Waals surface area contributed by atoms with Crippen molar-refractivity contribution < 1.29 is 10.0 Å². The third-order valence-electron chi connectivity index (χ3n) is 4.12. The Morgan fingerprint density at radius 2 is 2.10 bits per heavy atom. The topological polar surface area (TPSA) is 101 Å². The monoisotopic (exact) mass is 284 g/mol. The van der Waals surface area contributed by atoms with Crippen molar-refractivity contribution in [1.82, 2.24) is 4.98 Å². The van der Waals surface area contributed by atoms with E-state index in [1.165, 1.54) is 0 Å². The van der Waals surface area contributed by atoms with Crippen LogP contribution in [0, 0.1) is 5.41 Å². The van der Waals surface area contributed by atoms with E-state index in [0.717, 1.165) is 17.3 Å². The Bertz CT molecular complexity index is 717. The first-order chi connectivity index (χ1) is 10.2. The van der Waals surface area contributed by atoms with Crippen LogP contribution >= 0.6 is 0 Å². The van der Waals surface area contributed by atoms with E-state index in [4.69, 9.17) is 10.9 Å². The second-order valence-electron chi connectivity index (χ2n) is 5.26. The van der Waals surface area contributed by atoms with E-state index in [2.05, 4.69) is 15.5 Å². The molecule has 108 valence electrons. The Hall–Kier alpha value is -2.63. The maximum Gasteiger partial charge on any atom is 0.238 e. The maximum atomic E-state index is 12.5. The lowest BCUT2D eigenvalue weighted by Crippen LogP contribution is -2.51. The summed E-state index contributed by atoms with van der Waals surface area (Å²) in [5, 5.41) is 15.7. The molecule has 1 fully saturated rings. The molecule has 0 bridgehead atoms. The summed E-state index contributed by atoms with van der Waals surface area (Å²) in [5.74, 6) is -0.276. The van der Waals surface area contributed by atoms with Gasteiger partial charge in [0.2, 0.25) is 5.91 Å². The van der Waals surface area contributed by atoms with Gasteiger partial charge in [-0.1, -0.05) is 29.8 Å². The number of carbonyl (C=O) groups excluding carboxylic acids is 1. The predicted molar refractivity (Wildman–Crippen MR) is 80.1 cm³/mol. The van der Waals surface area contributed by atoms with Crippen LogP contribution in [0.2, 0.25) is 0 Å². The molecule has 1 aliphatic carbocycles. The Morgan fingerprint density at radius 1 is 1.33 bits per heavy atom. The van der Waals surface area contributed by atoms with Gasteiger partial charge in [0.05, 0.1) is 11.2 Å². The Morgan fingerprint density at radius 3 is 2.76 bits per heavy atom. The first-order valence-electron chi connectivity index (χ1n) is 6.80. The van der Waals surface area contributed by atoms with Crippen LogP contribution in [0.15, 0.2) is 41.7 Å². The van der Waals surface area contributed by atoms with E-state index in [1.54, 1.807) is 12.3 Å². The van der Waals surface area contributed by atoms with Crippen LogP contribution in [0.25, 0.3) is 10.9 Å². The summed E-state index contributed by atoms with van der Waals surface area (Å²) < 4.78 is 0. The fourth-order valence-corrected chi connectivity index (χ4v) is 2.67. The average Bonchev–Trinajstić information content (AvgIpc) is 2.46. The summed E-state index contributed by atoms with van der Waals surface area (Å²) in [6, 6.07) is 9.36. The highest BCUT2D eigenvalue weighted by molar-refractivity contribution is 6.14. The van der Waals surface area contributed by atoms with E-state index >= 15 is 0 Å². The Balaban J connectivity index is 1.94. The zero-order valence-electron chi connectivity index (χ0n) is 11.4. The van der Waals surface area contributed by atoms with Crippen molar-refractivity contribution in [2.45, 2.75) is 19.3 Å². The minimum absolute atomic E-state index is 0.0283. The van der Waals surface area contributed by atoms with Gasteiger partial charge in [-0.2, -0.15) is 0 Å². The summed E-state index contributed by atoms with van der Waals surface area (Å²) >= 11 is 0. The zero-order valence-corrected chi connectivity index (χ0v) is 11.4. The quantitative estimate of drug-likeness (QED) is 0.347. The summed E-state index contributed by atoms with van der Waals surface area (Å²) in [6.45, 7) is 0. The Kier molecular flexibility index (Phi) is 3.21. The standard InChI is InChI=1S/C15H16N4O2/c16-13(19-21)15(7-3-8-15)14(20)18-11-6-1-4-10-5-2-9-17-12(10)11/h1-2,4-6,9,21H,3,7-8H2,(H2,16,19)(H,18,20). The molecule has 0 spiro atoms. The molecule has 21 heavy (non-hydrogen) atoms. The Labute approximate surface area is 121 Å². The molecule has 2 aromatic rings.